The van der Waals surface area contributed by atoms with Crippen LogP contribution in [0.3, 0.4) is 0 Å². The molecule has 0 bridgehead atoms. The Kier molecular flexibility index (Phi) is 2.17. The number of halogens is 3. The first kappa shape index (κ1) is 11.1. The summed E-state index contributed by atoms with van der Waals surface area (Å²) >= 11 is 0. The van der Waals surface area contributed by atoms with Gasteiger partial charge in [-0.2, -0.15) is 13.2 Å². The van der Waals surface area contributed by atoms with Gasteiger partial charge in [0.25, 0.3) is 0 Å². The van der Waals surface area contributed by atoms with E-state index in [1.54, 1.807) is 12.1 Å². The van der Waals surface area contributed by atoms with Gasteiger partial charge in [0, 0.05) is 10.8 Å². The molecule has 1 aromatic heterocycles. The Labute approximate surface area is 101 Å². The number of alkyl halides is 3. The van der Waals surface area contributed by atoms with Gasteiger partial charge < -0.3 is 4.42 Å². The molecule has 0 aliphatic heterocycles. The lowest BCUT2D eigenvalue weighted by atomic mass is 10.1. The first-order chi connectivity index (χ1) is 8.47. The second kappa shape index (κ2) is 3.51. The molecular formula is C14H9F3O. The number of fused-ring (bicyclic) bond motifs is 3. The summed E-state index contributed by atoms with van der Waals surface area (Å²) in [6.07, 6.45) is -4.40. The predicted octanol–water partition coefficient (Wildman–Crippen LogP) is 4.91. The van der Waals surface area contributed by atoms with E-state index >= 15 is 0 Å². The first-order valence-corrected chi connectivity index (χ1v) is 5.46. The molecule has 0 atom stereocenters. The summed E-state index contributed by atoms with van der Waals surface area (Å²) < 4.78 is 43.9. The SMILES string of the molecule is Cc1ccc2oc3c(C(F)(F)F)cccc3c2c1. The van der Waals surface area contributed by atoms with Crippen molar-refractivity contribution in [1.29, 1.82) is 0 Å². The Morgan fingerprint density at radius 1 is 1.00 bits per heavy atom. The number of hydrogen-bond acceptors (Lipinski definition) is 1. The summed E-state index contributed by atoms with van der Waals surface area (Å²) in [7, 11) is 0. The van der Waals surface area contributed by atoms with E-state index in [0.717, 1.165) is 17.0 Å². The molecule has 0 saturated carbocycles. The van der Waals surface area contributed by atoms with Crippen molar-refractivity contribution in [1.82, 2.24) is 0 Å². The molecule has 18 heavy (non-hydrogen) atoms. The highest BCUT2D eigenvalue weighted by atomic mass is 19.4. The quantitative estimate of drug-likeness (QED) is 0.552. The molecule has 0 N–H and O–H groups in total. The van der Waals surface area contributed by atoms with E-state index in [0.29, 0.717) is 11.0 Å². The Bertz CT molecular complexity index is 738. The fraction of sp³-hybridized carbons (Fsp3) is 0.143. The largest absolute Gasteiger partial charge is 0.455 e. The smallest absolute Gasteiger partial charge is 0.420 e. The highest BCUT2D eigenvalue weighted by Crippen LogP contribution is 2.38. The van der Waals surface area contributed by atoms with Gasteiger partial charge in [0.1, 0.15) is 11.2 Å². The van der Waals surface area contributed by atoms with E-state index in [1.165, 1.54) is 6.07 Å². The van der Waals surface area contributed by atoms with Crippen molar-refractivity contribution in [3.8, 4) is 0 Å². The van der Waals surface area contributed by atoms with Gasteiger partial charge in [-0.25, -0.2) is 0 Å². The van der Waals surface area contributed by atoms with Gasteiger partial charge in [0.2, 0.25) is 0 Å². The Hall–Kier alpha value is -1.97. The second-order valence-electron chi connectivity index (χ2n) is 4.28. The van der Waals surface area contributed by atoms with Crippen LogP contribution in [0.2, 0.25) is 0 Å². The molecule has 0 saturated heterocycles. The van der Waals surface area contributed by atoms with Crippen LogP contribution in [-0.4, -0.2) is 0 Å². The number of furan rings is 1. The van der Waals surface area contributed by atoms with E-state index < -0.39 is 11.7 Å². The molecule has 92 valence electrons. The average molecular weight is 250 g/mol. The Morgan fingerprint density at radius 2 is 1.78 bits per heavy atom. The first-order valence-electron chi connectivity index (χ1n) is 5.46. The van der Waals surface area contributed by atoms with E-state index in [9.17, 15) is 13.2 Å². The highest BCUT2D eigenvalue weighted by molar-refractivity contribution is 6.06. The summed E-state index contributed by atoms with van der Waals surface area (Å²) in [5, 5.41) is 1.22. The van der Waals surface area contributed by atoms with Gasteiger partial charge in [-0.15, -0.1) is 0 Å². The van der Waals surface area contributed by atoms with Crippen LogP contribution in [0.4, 0.5) is 13.2 Å². The third-order valence-electron chi connectivity index (χ3n) is 2.96. The third-order valence-corrected chi connectivity index (χ3v) is 2.96. The molecular weight excluding hydrogens is 241 g/mol. The highest BCUT2D eigenvalue weighted by Gasteiger charge is 2.34. The van der Waals surface area contributed by atoms with E-state index in [2.05, 4.69) is 0 Å². The Morgan fingerprint density at radius 3 is 2.50 bits per heavy atom. The van der Waals surface area contributed by atoms with E-state index in [1.807, 2.05) is 19.1 Å². The molecule has 1 nitrogen and oxygen atoms in total. The van der Waals surface area contributed by atoms with Crippen LogP contribution < -0.4 is 0 Å². The lowest BCUT2D eigenvalue weighted by molar-refractivity contribution is -0.136. The van der Waals surface area contributed by atoms with Crippen LogP contribution in [0.15, 0.2) is 40.8 Å². The minimum absolute atomic E-state index is 0.0920. The van der Waals surface area contributed by atoms with Crippen molar-refractivity contribution in [2.45, 2.75) is 13.1 Å². The molecule has 0 unspecified atom stereocenters. The predicted molar refractivity (Wildman–Crippen MR) is 63.5 cm³/mol. The van der Waals surface area contributed by atoms with Crippen molar-refractivity contribution in [3.63, 3.8) is 0 Å². The molecule has 3 aromatic rings. The van der Waals surface area contributed by atoms with Gasteiger partial charge in [0.15, 0.2) is 0 Å². The monoisotopic (exact) mass is 250 g/mol. The maximum absolute atomic E-state index is 12.9. The molecule has 0 aliphatic carbocycles. The van der Waals surface area contributed by atoms with Crippen LogP contribution in [0.5, 0.6) is 0 Å². The minimum Gasteiger partial charge on any atom is -0.455 e. The minimum atomic E-state index is -4.40. The van der Waals surface area contributed by atoms with E-state index in [4.69, 9.17) is 4.42 Å². The number of benzene rings is 2. The van der Waals surface area contributed by atoms with Gasteiger partial charge in [-0.1, -0.05) is 23.8 Å². The maximum atomic E-state index is 12.9. The topological polar surface area (TPSA) is 13.1 Å². The van der Waals surface area contributed by atoms with Crippen LogP contribution in [0.25, 0.3) is 21.9 Å². The molecule has 0 radical (unpaired) electrons. The number of aryl methyl sites for hydroxylation is 1. The van der Waals surface area contributed by atoms with Crippen molar-refractivity contribution < 1.29 is 17.6 Å². The standard InChI is InChI=1S/C14H9F3O/c1-8-5-6-12-10(7-8)9-3-2-4-11(13(9)18-12)14(15,16)17/h2-7H,1H3. The zero-order chi connectivity index (χ0) is 12.9. The van der Waals surface area contributed by atoms with Crippen LogP contribution in [-0.2, 0) is 6.18 Å². The van der Waals surface area contributed by atoms with Gasteiger partial charge in [0.05, 0.1) is 5.56 Å². The van der Waals surface area contributed by atoms with Crippen molar-refractivity contribution in [3.05, 3.63) is 47.5 Å². The van der Waals surface area contributed by atoms with Crippen molar-refractivity contribution >= 4 is 21.9 Å². The van der Waals surface area contributed by atoms with Crippen molar-refractivity contribution in [2.75, 3.05) is 0 Å². The summed E-state index contributed by atoms with van der Waals surface area (Å²) in [4.78, 5) is 0. The summed E-state index contributed by atoms with van der Waals surface area (Å²) in [5.41, 5.74) is 0.648. The Balaban J connectivity index is 2.47. The van der Waals surface area contributed by atoms with Crippen LogP contribution in [0.1, 0.15) is 11.1 Å². The summed E-state index contributed by atoms with van der Waals surface area (Å²) in [6.45, 7) is 1.89. The molecule has 2 aromatic carbocycles. The molecule has 3 rings (SSSR count). The normalized spacial score (nSPS) is 12.4. The van der Waals surface area contributed by atoms with Gasteiger partial charge in [-0.05, 0) is 25.1 Å². The lowest BCUT2D eigenvalue weighted by Gasteiger charge is -2.05. The van der Waals surface area contributed by atoms with Crippen LogP contribution >= 0.6 is 0 Å². The van der Waals surface area contributed by atoms with Crippen LogP contribution in [0, 0.1) is 6.92 Å². The molecule has 0 aliphatic rings. The van der Waals surface area contributed by atoms with Gasteiger partial charge in [-0.3, -0.25) is 0 Å². The average Bonchev–Trinajstić information content (AvgIpc) is 2.65. The molecule has 0 amide bonds. The fourth-order valence-corrected chi connectivity index (χ4v) is 2.14. The molecule has 0 fully saturated rings. The molecule has 0 spiro atoms. The molecule has 1 heterocycles. The van der Waals surface area contributed by atoms with E-state index in [-0.39, 0.29) is 5.58 Å². The number of rotatable bonds is 0. The maximum Gasteiger partial charge on any atom is 0.420 e. The van der Waals surface area contributed by atoms with Crippen molar-refractivity contribution in [2.24, 2.45) is 0 Å². The van der Waals surface area contributed by atoms with Gasteiger partial charge >= 0.3 is 6.18 Å². The third kappa shape index (κ3) is 1.56. The zero-order valence-corrected chi connectivity index (χ0v) is 9.51. The molecule has 4 heteroatoms. The zero-order valence-electron chi connectivity index (χ0n) is 9.51. The fourth-order valence-electron chi connectivity index (χ4n) is 2.14. The number of hydrogen-bond donors (Lipinski definition) is 0. The lowest BCUT2D eigenvalue weighted by Crippen LogP contribution is -2.04. The number of para-hydroxylation sites is 1. The summed E-state index contributed by atoms with van der Waals surface area (Å²) in [6, 6.07) is 9.44. The second-order valence-corrected chi connectivity index (χ2v) is 4.28. The summed E-state index contributed by atoms with van der Waals surface area (Å²) in [5.74, 6) is 0.